The van der Waals surface area contributed by atoms with Gasteiger partial charge in [-0.3, -0.25) is 0 Å². The second kappa shape index (κ2) is 8.78. The molecule has 0 saturated heterocycles. The lowest BCUT2D eigenvalue weighted by Crippen LogP contribution is -2.22. The zero-order valence-corrected chi connectivity index (χ0v) is 18.5. The van der Waals surface area contributed by atoms with Crippen LogP contribution < -0.4 is 4.74 Å². The summed E-state index contributed by atoms with van der Waals surface area (Å²) in [6.45, 7) is 0. The number of ether oxygens (including phenoxy) is 1. The van der Waals surface area contributed by atoms with Crippen molar-refractivity contribution in [2.45, 2.75) is 81.6 Å². The van der Waals surface area contributed by atoms with Gasteiger partial charge in [0, 0.05) is 25.0 Å². The minimum Gasteiger partial charge on any atom is -0.496 e. The Kier molecular flexibility index (Phi) is 5.93. The zero-order valence-electron chi connectivity index (χ0n) is 17.6. The minimum absolute atomic E-state index is 0.0752. The SMILES string of the molecule is COc1cccc2c1-c1ccccc1C2OP(C1CCCCC1)C1CCCCC1. The topological polar surface area (TPSA) is 18.5 Å². The van der Waals surface area contributed by atoms with Crippen LogP contribution >= 0.6 is 8.15 Å². The van der Waals surface area contributed by atoms with E-state index in [0.717, 1.165) is 17.1 Å². The fraction of sp³-hybridized carbons (Fsp3) is 0.538. The summed E-state index contributed by atoms with van der Waals surface area (Å²) in [6, 6.07) is 15.3. The quantitative estimate of drug-likeness (QED) is 0.469. The molecule has 2 fully saturated rings. The molecule has 5 rings (SSSR count). The summed E-state index contributed by atoms with van der Waals surface area (Å²) >= 11 is 0. The molecule has 3 aliphatic rings. The molecule has 154 valence electrons. The van der Waals surface area contributed by atoms with Crippen LogP contribution in [0, 0.1) is 0 Å². The summed E-state index contributed by atoms with van der Waals surface area (Å²) < 4.78 is 13.0. The van der Waals surface area contributed by atoms with Crippen LogP contribution in [0.2, 0.25) is 0 Å². The third-order valence-electron chi connectivity index (χ3n) is 7.17. The smallest absolute Gasteiger partial charge is 0.127 e. The average Bonchev–Trinajstić information content (AvgIpc) is 3.12. The van der Waals surface area contributed by atoms with Crippen molar-refractivity contribution in [3.8, 4) is 16.9 Å². The number of benzene rings is 2. The van der Waals surface area contributed by atoms with Gasteiger partial charge in [0.15, 0.2) is 0 Å². The van der Waals surface area contributed by atoms with Crippen LogP contribution in [0.1, 0.15) is 81.4 Å². The molecular weight excluding hydrogens is 375 g/mol. The molecular formula is C26H33O2P. The van der Waals surface area contributed by atoms with Crippen LogP contribution in [0.25, 0.3) is 11.1 Å². The van der Waals surface area contributed by atoms with Crippen molar-refractivity contribution < 1.29 is 9.26 Å². The van der Waals surface area contributed by atoms with Crippen molar-refractivity contribution in [3.05, 3.63) is 53.6 Å². The Bertz CT molecular complexity index is 818. The van der Waals surface area contributed by atoms with Crippen molar-refractivity contribution in [2.24, 2.45) is 0 Å². The average molecular weight is 409 g/mol. The first-order valence-electron chi connectivity index (χ1n) is 11.6. The molecule has 2 aromatic carbocycles. The van der Waals surface area contributed by atoms with E-state index in [1.165, 1.54) is 86.5 Å². The fourth-order valence-electron chi connectivity index (χ4n) is 5.72. The van der Waals surface area contributed by atoms with E-state index in [1.54, 1.807) is 7.11 Å². The molecule has 0 N–H and O–H groups in total. The Morgan fingerprint density at radius 3 is 2.00 bits per heavy atom. The van der Waals surface area contributed by atoms with Crippen molar-refractivity contribution in [1.29, 1.82) is 0 Å². The highest BCUT2D eigenvalue weighted by Crippen LogP contribution is 2.62. The Balaban J connectivity index is 1.51. The van der Waals surface area contributed by atoms with Crippen LogP contribution in [-0.4, -0.2) is 18.4 Å². The van der Waals surface area contributed by atoms with Gasteiger partial charge >= 0.3 is 0 Å². The predicted octanol–water partition coefficient (Wildman–Crippen LogP) is 7.84. The first-order valence-corrected chi connectivity index (χ1v) is 13.0. The summed E-state index contributed by atoms with van der Waals surface area (Å²) in [5.74, 6) is 0.973. The molecule has 0 bridgehead atoms. The molecule has 0 spiro atoms. The maximum Gasteiger partial charge on any atom is 0.127 e. The lowest BCUT2D eigenvalue weighted by Gasteiger charge is -2.39. The van der Waals surface area contributed by atoms with Gasteiger partial charge < -0.3 is 9.26 Å². The number of methoxy groups -OCH3 is 1. The zero-order chi connectivity index (χ0) is 19.6. The van der Waals surface area contributed by atoms with Crippen molar-refractivity contribution in [1.82, 2.24) is 0 Å². The van der Waals surface area contributed by atoms with Gasteiger partial charge in [0.05, 0.1) is 7.11 Å². The van der Waals surface area contributed by atoms with Crippen LogP contribution in [-0.2, 0) is 4.52 Å². The van der Waals surface area contributed by atoms with Gasteiger partial charge in [-0.05, 0) is 48.4 Å². The highest BCUT2D eigenvalue weighted by molar-refractivity contribution is 7.54. The van der Waals surface area contributed by atoms with Gasteiger partial charge in [-0.2, -0.15) is 0 Å². The first-order chi connectivity index (χ1) is 14.4. The highest BCUT2D eigenvalue weighted by atomic mass is 31.1. The van der Waals surface area contributed by atoms with E-state index in [1.807, 2.05) is 0 Å². The Morgan fingerprint density at radius 1 is 0.724 bits per heavy atom. The number of rotatable bonds is 5. The molecule has 3 heteroatoms. The van der Waals surface area contributed by atoms with Crippen LogP contribution in [0.15, 0.2) is 42.5 Å². The molecule has 3 aliphatic carbocycles. The van der Waals surface area contributed by atoms with E-state index in [2.05, 4.69) is 42.5 Å². The normalized spacial score (nSPS) is 22.5. The lowest BCUT2D eigenvalue weighted by atomic mass is 10.00. The predicted molar refractivity (Wildman–Crippen MR) is 122 cm³/mol. The first kappa shape index (κ1) is 19.6. The summed E-state index contributed by atoms with van der Waals surface area (Å²) in [7, 11) is 1.37. The molecule has 29 heavy (non-hydrogen) atoms. The van der Waals surface area contributed by atoms with E-state index < -0.39 is 8.15 Å². The second-order valence-corrected chi connectivity index (χ2v) is 11.3. The Hall–Kier alpha value is -1.37. The van der Waals surface area contributed by atoms with Crippen LogP contribution in [0.5, 0.6) is 5.75 Å². The number of hydrogen-bond donors (Lipinski definition) is 0. The van der Waals surface area contributed by atoms with Gasteiger partial charge in [0.2, 0.25) is 0 Å². The van der Waals surface area contributed by atoms with Gasteiger partial charge in [-0.25, -0.2) is 0 Å². The molecule has 2 saturated carbocycles. The van der Waals surface area contributed by atoms with Crippen molar-refractivity contribution in [3.63, 3.8) is 0 Å². The van der Waals surface area contributed by atoms with Crippen molar-refractivity contribution >= 4 is 8.15 Å². The molecule has 0 amide bonds. The van der Waals surface area contributed by atoms with Gasteiger partial charge in [0.1, 0.15) is 11.9 Å². The van der Waals surface area contributed by atoms with E-state index in [0.29, 0.717) is 0 Å². The van der Waals surface area contributed by atoms with Crippen LogP contribution in [0.3, 0.4) is 0 Å². The van der Waals surface area contributed by atoms with E-state index in [9.17, 15) is 0 Å². The Morgan fingerprint density at radius 2 is 1.34 bits per heavy atom. The maximum atomic E-state index is 7.25. The third-order valence-corrected chi connectivity index (χ3v) is 10.1. The molecule has 2 aromatic rings. The molecule has 0 radical (unpaired) electrons. The van der Waals surface area contributed by atoms with Gasteiger partial charge in [0.25, 0.3) is 0 Å². The molecule has 0 aliphatic heterocycles. The van der Waals surface area contributed by atoms with E-state index in [-0.39, 0.29) is 6.10 Å². The van der Waals surface area contributed by atoms with Gasteiger partial charge in [-0.1, -0.05) is 74.9 Å². The summed E-state index contributed by atoms with van der Waals surface area (Å²) in [5.41, 5.74) is 6.79. The van der Waals surface area contributed by atoms with Gasteiger partial charge in [-0.15, -0.1) is 0 Å². The second-order valence-electron chi connectivity index (χ2n) is 8.94. The third kappa shape index (κ3) is 3.75. The molecule has 1 unspecified atom stereocenters. The molecule has 2 nitrogen and oxygen atoms in total. The molecule has 1 atom stereocenters. The molecule has 0 heterocycles. The Labute approximate surface area is 176 Å². The monoisotopic (exact) mass is 408 g/mol. The highest BCUT2D eigenvalue weighted by Gasteiger charge is 2.38. The summed E-state index contributed by atoms with van der Waals surface area (Å²) in [4.78, 5) is 0. The van der Waals surface area contributed by atoms with Crippen molar-refractivity contribution in [2.75, 3.05) is 7.11 Å². The maximum absolute atomic E-state index is 7.25. The largest absolute Gasteiger partial charge is 0.496 e. The fourth-order valence-corrected chi connectivity index (χ4v) is 8.88. The number of hydrogen-bond acceptors (Lipinski definition) is 2. The van der Waals surface area contributed by atoms with Crippen LogP contribution in [0.4, 0.5) is 0 Å². The molecule has 0 aromatic heterocycles. The standard InChI is InChI=1S/C26H33O2P/c1-27-24-18-10-17-23-25(24)21-15-8-9-16-22(21)26(23)28-29(19-11-4-2-5-12-19)20-13-6-3-7-14-20/h8-10,15-20,26H,2-7,11-14H2,1H3. The lowest BCUT2D eigenvalue weighted by molar-refractivity contribution is 0.264. The summed E-state index contributed by atoms with van der Waals surface area (Å²) in [5, 5.41) is 0. The number of fused-ring (bicyclic) bond motifs is 3. The van der Waals surface area contributed by atoms with E-state index in [4.69, 9.17) is 9.26 Å². The minimum atomic E-state index is -0.412. The summed E-state index contributed by atoms with van der Waals surface area (Å²) in [6.07, 6.45) is 14.0. The van der Waals surface area contributed by atoms with E-state index >= 15 is 0 Å².